The quantitative estimate of drug-likeness (QED) is 0.618. The van der Waals surface area contributed by atoms with E-state index >= 15 is 0 Å². The van der Waals surface area contributed by atoms with E-state index in [0.717, 1.165) is 36.1 Å². The Bertz CT molecular complexity index is 431. The van der Waals surface area contributed by atoms with E-state index < -0.39 is 0 Å². The lowest BCUT2D eigenvalue weighted by molar-refractivity contribution is 0.155. The van der Waals surface area contributed by atoms with Crippen molar-refractivity contribution in [2.45, 2.75) is 25.8 Å². The van der Waals surface area contributed by atoms with Crippen LogP contribution in [0.1, 0.15) is 30.5 Å². The first-order chi connectivity index (χ1) is 8.68. The molecule has 1 aromatic carbocycles. The second-order valence-electron chi connectivity index (χ2n) is 4.86. The van der Waals surface area contributed by atoms with E-state index in [4.69, 9.17) is 4.74 Å². The van der Waals surface area contributed by atoms with Gasteiger partial charge < -0.3 is 10.1 Å². The highest BCUT2D eigenvalue weighted by Crippen LogP contribution is 2.32. The molecular weight excluding hydrogens is 229 g/mol. The van der Waals surface area contributed by atoms with Crippen LogP contribution in [0.2, 0.25) is 0 Å². The summed E-state index contributed by atoms with van der Waals surface area (Å²) in [5.41, 5.74) is 3.01. The maximum absolute atomic E-state index is 13.5. The summed E-state index contributed by atoms with van der Waals surface area (Å²) in [6.45, 7) is 7.79. The lowest BCUT2D eigenvalue weighted by Crippen LogP contribution is -2.24. The molecule has 2 nitrogen and oxygen atoms in total. The van der Waals surface area contributed by atoms with Crippen molar-refractivity contribution in [3.63, 3.8) is 0 Å². The van der Waals surface area contributed by atoms with Gasteiger partial charge in [0.05, 0.1) is 13.2 Å². The smallest absolute Gasteiger partial charge is 0.126 e. The van der Waals surface area contributed by atoms with Crippen LogP contribution in [-0.2, 0) is 11.2 Å². The van der Waals surface area contributed by atoms with Crippen LogP contribution < -0.4 is 5.32 Å². The Morgan fingerprint density at radius 1 is 1.56 bits per heavy atom. The van der Waals surface area contributed by atoms with E-state index in [1.165, 1.54) is 6.07 Å². The molecule has 1 unspecified atom stereocenters. The van der Waals surface area contributed by atoms with Gasteiger partial charge in [-0.25, -0.2) is 4.39 Å². The van der Waals surface area contributed by atoms with Crippen molar-refractivity contribution < 1.29 is 9.13 Å². The molecule has 0 heterocycles. The van der Waals surface area contributed by atoms with Crippen molar-refractivity contribution in [2.24, 2.45) is 0 Å². The Hall–Kier alpha value is -1.19. The maximum atomic E-state index is 13.5. The Morgan fingerprint density at radius 3 is 3.17 bits per heavy atom. The molecule has 0 bridgehead atoms. The third kappa shape index (κ3) is 3.18. The minimum atomic E-state index is -0.0738. The molecule has 1 aliphatic rings. The van der Waals surface area contributed by atoms with Crippen LogP contribution in [0.25, 0.3) is 0 Å². The molecule has 1 aliphatic carbocycles. The fourth-order valence-corrected chi connectivity index (χ4v) is 2.37. The number of hydrogen-bond acceptors (Lipinski definition) is 2. The number of fused-ring (bicyclic) bond motifs is 1. The van der Waals surface area contributed by atoms with Gasteiger partial charge >= 0.3 is 0 Å². The highest BCUT2D eigenvalue weighted by molar-refractivity contribution is 5.35. The second-order valence-corrected chi connectivity index (χ2v) is 4.86. The van der Waals surface area contributed by atoms with Crippen molar-refractivity contribution >= 4 is 0 Å². The van der Waals surface area contributed by atoms with E-state index in [9.17, 15) is 4.39 Å². The third-order valence-electron chi connectivity index (χ3n) is 3.20. The molecule has 0 amide bonds. The third-order valence-corrected chi connectivity index (χ3v) is 3.20. The van der Waals surface area contributed by atoms with Gasteiger partial charge in [-0.05, 0) is 37.0 Å². The Labute approximate surface area is 108 Å². The molecule has 1 atom stereocenters. The summed E-state index contributed by atoms with van der Waals surface area (Å²) in [6, 6.07) is 5.60. The number of hydrogen-bond donors (Lipinski definition) is 1. The zero-order valence-corrected chi connectivity index (χ0v) is 10.8. The van der Waals surface area contributed by atoms with Gasteiger partial charge in [-0.1, -0.05) is 24.3 Å². The summed E-state index contributed by atoms with van der Waals surface area (Å²) >= 11 is 0. The predicted octanol–water partition coefficient (Wildman–Crippen LogP) is 3.00. The molecule has 0 aliphatic heterocycles. The van der Waals surface area contributed by atoms with Gasteiger partial charge in [0.15, 0.2) is 0 Å². The lowest BCUT2D eigenvalue weighted by Gasteiger charge is -2.14. The van der Waals surface area contributed by atoms with Gasteiger partial charge in [-0.15, -0.1) is 0 Å². The van der Waals surface area contributed by atoms with Crippen molar-refractivity contribution in [2.75, 3.05) is 19.8 Å². The first-order valence-electron chi connectivity index (χ1n) is 6.41. The van der Waals surface area contributed by atoms with E-state index in [1.807, 2.05) is 13.0 Å². The molecule has 1 aromatic rings. The van der Waals surface area contributed by atoms with Crippen LogP contribution in [0.3, 0.4) is 0 Å². The number of halogens is 1. The van der Waals surface area contributed by atoms with E-state index in [-0.39, 0.29) is 11.9 Å². The summed E-state index contributed by atoms with van der Waals surface area (Å²) in [4.78, 5) is 0. The van der Waals surface area contributed by atoms with Crippen LogP contribution in [0.5, 0.6) is 0 Å². The van der Waals surface area contributed by atoms with Crippen molar-refractivity contribution in [3.8, 4) is 0 Å². The summed E-state index contributed by atoms with van der Waals surface area (Å²) in [7, 11) is 0. The summed E-state index contributed by atoms with van der Waals surface area (Å²) in [5, 5.41) is 3.42. The van der Waals surface area contributed by atoms with Crippen LogP contribution in [0.15, 0.2) is 30.4 Å². The monoisotopic (exact) mass is 249 g/mol. The zero-order chi connectivity index (χ0) is 13.0. The van der Waals surface area contributed by atoms with Crippen molar-refractivity contribution in [3.05, 3.63) is 47.3 Å². The topological polar surface area (TPSA) is 21.3 Å². The number of benzene rings is 1. The number of nitrogens with one attached hydrogen (secondary N) is 1. The highest BCUT2D eigenvalue weighted by atomic mass is 19.1. The second kappa shape index (κ2) is 6.12. The van der Waals surface area contributed by atoms with Crippen LogP contribution in [0, 0.1) is 5.82 Å². The van der Waals surface area contributed by atoms with Crippen LogP contribution >= 0.6 is 0 Å². The molecule has 0 saturated carbocycles. The van der Waals surface area contributed by atoms with E-state index in [2.05, 4.69) is 11.9 Å². The summed E-state index contributed by atoms with van der Waals surface area (Å²) in [6.07, 6.45) is 1.79. The average molecular weight is 249 g/mol. The van der Waals surface area contributed by atoms with Crippen molar-refractivity contribution in [1.82, 2.24) is 5.32 Å². The number of ether oxygens (including phenoxy) is 1. The first-order valence-corrected chi connectivity index (χ1v) is 6.41. The Morgan fingerprint density at radius 2 is 2.39 bits per heavy atom. The van der Waals surface area contributed by atoms with Gasteiger partial charge in [0.1, 0.15) is 5.82 Å². The van der Waals surface area contributed by atoms with Crippen LogP contribution in [-0.4, -0.2) is 19.8 Å². The maximum Gasteiger partial charge on any atom is 0.126 e. The van der Waals surface area contributed by atoms with Gasteiger partial charge in [0.25, 0.3) is 0 Å². The minimum Gasteiger partial charge on any atom is -0.376 e. The molecule has 0 fully saturated rings. The largest absolute Gasteiger partial charge is 0.376 e. The fraction of sp³-hybridized carbons (Fsp3) is 0.467. The molecule has 3 heteroatoms. The molecule has 2 rings (SSSR count). The van der Waals surface area contributed by atoms with Crippen molar-refractivity contribution in [1.29, 1.82) is 0 Å². The van der Waals surface area contributed by atoms with E-state index in [0.29, 0.717) is 13.2 Å². The first kappa shape index (κ1) is 13.2. The molecule has 0 saturated heterocycles. The summed E-state index contributed by atoms with van der Waals surface area (Å²) < 4.78 is 19.0. The molecule has 98 valence electrons. The Balaban J connectivity index is 1.80. The SMILES string of the molecule is C=C(C)COCCNC1CCc2c(F)cccc21. The lowest BCUT2D eigenvalue weighted by atomic mass is 10.1. The summed E-state index contributed by atoms with van der Waals surface area (Å²) in [5.74, 6) is -0.0738. The number of rotatable bonds is 6. The zero-order valence-electron chi connectivity index (χ0n) is 10.8. The normalized spacial score (nSPS) is 17.8. The van der Waals surface area contributed by atoms with Gasteiger partial charge in [-0.3, -0.25) is 0 Å². The predicted molar refractivity (Wildman–Crippen MR) is 71.1 cm³/mol. The molecule has 1 N–H and O–H groups in total. The highest BCUT2D eigenvalue weighted by Gasteiger charge is 2.23. The van der Waals surface area contributed by atoms with Gasteiger partial charge in [0.2, 0.25) is 0 Å². The molecule has 0 aromatic heterocycles. The average Bonchev–Trinajstić information content (AvgIpc) is 2.73. The molecule has 0 spiro atoms. The minimum absolute atomic E-state index is 0.0738. The fourth-order valence-electron chi connectivity index (χ4n) is 2.37. The van der Waals surface area contributed by atoms with Gasteiger partial charge in [0, 0.05) is 12.6 Å². The molecular formula is C15H20FNO. The molecule has 18 heavy (non-hydrogen) atoms. The molecule has 0 radical (unpaired) electrons. The van der Waals surface area contributed by atoms with Gasteiger partial charge in [-0.2, -0.15) is 0 Å². The standard InChI is InChI=1S/C15H20FNO/c1-11(2)10-18-9-8-17-15-7-6-12-13(15)4-3-5-14(12)16/h3-5,15,17H,1,6-10H2,2H3. The Kier molecular flexibility index (Phi) is 4.50. The van der Waals surface area contributed by atoms with Crippen LogP contribution in [0.4, 0.5) is 4.39 Å². The van der Waals surface area contributed by atoms with E-state index in [1.54, 1.807) is 6.07 Å².